The number of carbonyl (C=O) groups is 2. The topological polar surface area (TPSA) is 61.9 Å². The minimum Gasteiger partial charge on any atom is -0.368 e. The van der Waals surface area contributed by atoms with Crippen LogP contribution >= 0.6 is 0 Å². The van der Waals surface area contributed by atoms with E-state index in [2.05, 4.69) is 22.0 Å². The van der Waals surface area contributed by atoms with Crippen molar-refractivity contribution in [2.24, 2.45) is 17.8 Å². The number of nitrogens with zero attached hydrogens (tertiary/aromatic N) is 2. The van der Waals surface area contributed by atoms with E-state index in [4.69, 9.17) is 4.74 Å². The van der Waals surface area contributed by atoms with Gasteiger partial charge in [-0.15, -0.1) is 0 Å². The highest BCUT2D eigenvalue weighted by molar-refractivity contribution is 5.82. The lowest BCUT2D eigenvalue weighted by molar-refractivity contribution is -0.160. The minimum absolute atomic E-state index is 0.0886. The van der Waals surface area contributed by atoms with Gasteiger partial charge in [0.1, 0.15) is 6.10 Å². The Bertz CT molecular complexity index is 664. The van der Waals surface area contributed by atoms with Crippen molar-refractivity contribution in [1.29, 1.82) is 0 Å². The quantitative estimate of drug-likeness (QED) is 0.750. The third-order valence-electron chi connectivity index (χ3n) is 8.98. The summed E-state index contributed by atoms with van der Waals surface area (Å²) in [4.78, 5) is 30.1. The van der Waals surface area contributed by atoms with Crippen LogP contribution in [0.5, 0.6) is 0 Å². The Balaban J connectivity index is 1.34. The number of amides is 2. The molecule has 0 spiro atoms. The van der Waals surface area contributed by atoms with Gasteiger partial charge in [0.2, 0.25) is 5.91 Å². The zero-order chi connectivity index (χ0) is 20.8. The fraction of sp³-hybridized carbons (Fsp3) is 0.917. The Hall–Kier alpha value is -1.14. The van der Waals surface area contributed by atoms with Crippen LogP contribution in [0.4, 0.5) is 0 Å². The van der Waals surface area contributed by atoms with Gasteiger partial charge < -0.3 is 19.9 Å². The first kappa shape index (κ1) is 20.7. The van der Waals surface area contributed by atoms with Gasteiger partial charge in [-0.05, 0) is 89.0 Å². The summed E-state index contributed by atoms with van der Waals surface area (Å²) in [5, 5.41) is 3.69. The van der Waals surface area contributed by atoms with Gasteiger partial charge in [0.15, 0.2) is 0 Å². The Morgan fingerprint density at radius 3 is 2.50 bits per heavy atom. The molecular weight excluding hydrogens is 378 g/mol. The smallest absolute Gasteiger partial charge is 0.252 e. The van der Waals surface area contributed by atoms with Crippen LogP contribution in [0.25, 0.3) is 0 Å². The molecule has 30 heavy (non-hydrogen) atoms. The normalized spacial score (nSPS) is 43.9. The number of piperazine rings is 1. The van der Waals surface area contributed by atoms with Gasteiger partial charge in [-0.3, -0.25) is 9.59 Å². The molecule has 1 N–H and O–H groups in total. The standard InChI is InChI=1S/C24H39N3O3/c1-15-14-26(24(29)23-4-3-11-30-23)22-13-18(6-8-21(22)27(15)16(2)28)17-5-7-20-19(12-17)9-10-25-20/h15,17-23,25H,3-14H2,1-2H3/t15-,17?,18?,19?,20?,21?,22?,23?/m0/s1. The molecule has 5 aliphatic rings. The number of carbonyl (C=O) groups excluding carboxylic acids is 2. The number of fused-ring (bicyclic) bond motifs is 2. The van der Waals surface area contributed by atoms with Gasteiger partial charge in [0.05, 0.1) is 12.1 Å². The highest BCUT2D eigenvalue weighted by Gasteiger charge is 2.49. The number of nitrogens with one attached hydrogen (secondary N) is 1. The van der Waals surface area contributed by atoms with E-state index in [9.17, 15) is 9.59 Å². The van der Waals surface area contributed by atoms with Crippen LogP contribution in [0.2, 0.25) is 0 Å². The Morgan fingerprint density at radius 1 is 0.933 bits per heavy atom. The maximum absolute atomic E-state index is 13.4. The van der Waals surface area contributed by atoms with Crippen LogP contribution in [0, 0.1) is 17.8 Å². The van der Waals surface area contributed by atoms with Crippen LogP contribution < -0.4 is 5.32 Å². The molecule has 0 aromatic heterocycles. The second kappa shape index (κ2) is 8.42. The summed E-state index contributed by atoms with van der Waals surface area (Å²) in [6.45, 7) is 6.35. The minimum atomic E-state index is -0.262. The van der Waals surface area contributed by atoms with Crippen molar-refractivity contribution < 1.29 is 14.3 Å². The molecule has 5 rings (SSSR count). The number of hydrogen-bond acceptors (Lipinski definition) is 4. The summed E-state index contributed by atoms with van der Waals surface area (Å²) in [5.41, 5.74) is 0. The molecule has 6 nitrogen and oxygen atoms in total. The highest BCUT2D eigenvalue weighted by Crippen LogP contribution is 2.45. The van der Waals surface area contributed by atoms with Crippen LogP contribution in [-0.2, 0) is 14.3 Å². The van der Waals surface area contributed by atoms with E-state index in [1.54, 1.807) is 6.92 Å². The fourth-order valence-electron chi connectivity index (χ4n) is 7.61. The van der Waals surface area contributed by atoms with E-state index in [1.807, 2.05) is 0 Å². The largest absolute Gasteiger partial charge is 0.368 e. The van der Waals surface area contributed by atoms with Gasteiger partial charge in [0, 0.05) is 32.2 Å². The summed E-state index contributed by atoms with van der Waals surface area (Å²) in [6, 6.07) is 1.18. The van der Waals surface area contributed by atoms with Gasteiger partial charge >= 0.3 is 0 Å². The predicted octanol–water partition coefficient (Wildman–Crippen LogP) is 2.56. The van der Waals surface area contributed by atoms with Gasteiger partial charge in [-0.2, -0.15) is 0 Å². The van der Waals surface area contributed by atoms with Gasteiger partial charge in [-0.1, -0.05) is 0 Å². The lowest BCUT2D eigenvalue weighted by Crippen LogP contribution is -2.68. The molecule has 168 valence electrons. The van der Waals surface area contributed by atoms with Crippen LogP contribution in [-0.4, -0.2) is 71.6 Å². The van der Waals surface area contributed by atoms with Crippen molar-refractivity contribution in [1.82, 2.24) is 15.1 Å². The highest BCUT2D eigenvalue weighted by atomic mass is 16.5. The predicted molar refractivity (Wildman–Crippen MR) is 115 cm³/mol. The van der Waals surface area contributed by atoms with Crippen molar-refractivity contribution in [2.45, 2.75) is 102 Å². The van der Waals surface area contributed by atoms with Gasteiger partial charge in [-0.25, -0.2) is 0 Å². The zero-order valence-corrected chi connectivity index (χ0v) is 18.7. The van der Waals surface area contributed by atoms with E-state index in [1.165, 1.54) is 38.6 Å². The molecule has 0 bridgehead atoms. The summed E-state index contributed by atoms with van der Waals surface area (Å²) >= 11 is 0. The second-order valence-corrected chi connectivity index (χ2v) is 10.7. The molecule has 2 saturated carbocycles. The molecule has 2 amide bonds. The van der Waals surface area contributed by atoms with E-state index in [0.29, 0.717) is 19.1 Å². The first-order valence-electron chi connectivity index (χ1n) is 12.5. The molecule has 2 aliphatic carbocycles. The Labute approximate surface area is 181 Å². The first-order chi connectivity index (χ1) is 14.5. The number of rotatable bonds is 2. The lowest BCUT2D eigenvalue weighted by Gasteiger charge is -2.55. The van der Waals surface area contributed by atoms with Crippen molar-refractivity contribution in [3.63, 3.8) is 0 Å². The van der Waals surface area contributed by atoms with Crippen molar-refractivity contribution in [2.75, 3.05) is 19.7 Å². The number of hydrogen-bond donors (Lipinski definition) is 1. The average Bonchev–Trinajstić information content (AvgIpc) is 3.43. The zero-order valence-electron chi connectivity index (χ0n) is 18.7. The maximum Gasteiger partial charge on any atom is 0.252 e. The molecule has 3 aliphatic heterocycles. The molecular formula is C24H39N3O3. The summed E-state index contributed by atoms with van der Waals surface area (Å²) in [7, 11) is 0. The van der Waals surface area contributed by atoms with Crippen molar-refractivity contribution in [3.05, 3.63) is 0 Å². The molecule has 0 aromatic carbocycles. The Morgan fingerprint density at radius 2 is 1.73 bits per heavy atom. The van der Waals surface area contributed by atoms with Crippen LogP contribution in [0.1, 0.15) is 71.6 Å². The first-order valence-corrected chi connectivity index (χ1v) is 12.5. The van der Waals surface area contributed by atoms with E-state index in [-0.39, 0.29) is 36.0 Å². The molecule has 5 fully saturated rings. The summed E-state index contributed by atoms with van der Waals surface area (Å²) < 4.78 is 5.77. The molecule has 3 heterocycles. The Kier molecular flexibility index (Phi) is 5.82. The molecule has 0 aromatic rings. The molecule has 7 unspecified atom stereocenters. The van der Waals surface area contributed by atoms with E-state index in [0.717, 1.165) is 43.6 Å². The number of ether oxygens (including phenoxy) is 1. The third kappa shape index (κ3) is 3.68. The fourth-order valence-corrected chi connectivity index (χ4v) is 7.61. The second-order valence-electron chi connectivity index (χ2n) is 10.7. The summed E-state index contributed by atoms with van der Waals surface area (Å²) in [5.74, 6) is 2.68. The molecule has 8 atom stereocenters. The van der Waals surface area contributed by atoms with Crippen molar-refractivity contribution in [3.8, 4) is 0 Å². The van der Waals surface area contributed by atoms with Crippen LogP contribution in [0.3, 0.4) is 0 Å². The van der Waals surface area contributed by atoms with E-state index >= 15 is 0 Å². The van der Waals surface area contributed by atoms with Crippen LogP contribution in [0.15, 0.2) is 0 Å². The average molecular weight is 418 g/mol. The van der Waals surface area contributed by atoms with Crippen molar-refractivity contribution >= 4 is 11.8 Å². The third-order valence-corrected chi connectivity index (χ3v) is 8.98. The summed E-state index contributed by atoms with van der Waals surface area (Å²) in [6.07, 6.45) is 10.2. The van der Waals surface area contributed by atoms with Gasteiger partial charge in [0.25, 0.3) is 5.91 Å². The van der Waals surface area contributed by atoms with E-state index < -0.39 is 0 Å². The lowest BCUT2D eigenvalue weighted by atomic mass is 9.66. The molecule has 3 saturated heterocycles. The maximum atomic E-state index is 13.4. The molecule has 6 heteroatoms. The monoisotopic (exact) mass is 417 g/mol. The molecule has 0 radical (unpaired) electrons. The SMILES string of the molecule is CC(=O)N1C2CCC(C3CCC4NCCC4C3)CC2N(C(=O)C2CCCO2)C[C@@H]1C.